The van der Waals surface area contributed by atoms with Crippen LogP contribution in [-0.2, 0) is 0 Å². The third-order valence-electron chi connectivity index (χ3n) is 5.37. The molecule has 1 saturated heterocycles. The van der Waals surface area contributed by atoms with E-state index in [4.69, 9.17) is 12.2 Å². The molecule has 31 heavy (non-hydrogen) atoms. The maximum atomic E-state index is 13.6. The second kappa shape index (κ2) is 8.24. The van der Waals surface area contributed by atoms with E-state index in [-0.39, 0.29) is 17.9 Å². The van der Waals surface area contributed by atoms with E-state index < -0.39 is 0 Å². The normalized spacial score (nSPS) is 18.3. The SMILES string of the molecule is Fc1ccc(N2C(=S)NC(c3ccccn3)C2c2cccn2-c2cccc(Br)c2)cc1. The molecular weight excluding hydrogens is 475 g/mol. The summed E-state index contributed by atoms with van der Waals surface area (Å²) in [7, 11) is 0. The minimum atomic E-state index is -0.280. The maximum Gasteiger partial charge on any atom is 0.174 e. The number of benzene rings is 2. The zero-order chi connectivity index (χ0) is 21.4. The molecule has 1 fully saturated rings. The summed E-state index contributed by atoms with van der Waals surface area (Å²) in [6.07, 6.45) is 3.82. The fourth-order valence-corrected chi connectivity index (χ4v) is 4.76. The second-order valence-electron chi connectivity index (χ2n) is 7.26. The smallest absolute Gasteiger partial charge is 0.174 e. The lowest BCUT2D eigenvalue weighted by molar-refractivity contribution is 0.549. The molecule has 7 heteroatoms. The third kappa shape index (κ3) is 3.75. The third-order valence-corrected chi connectivity index (χ3v) is 6.18. The minimum absolute atomic E-state index is 0.167. The zero-order valence-electron chi connectivity index (χ0n) is 16.3. The Balaban J connectivity index is 1.67. The van der Waals surface area contributed by atoms with Gasteiger partial charge in [0.2, 0.25) is 0 Å². The highest BCUT2D eigenvalue weighted by atomic mass is 79.9. The van der Waals surface area contributed by atoms with Gasteiger partial charge in [0, 0.05) is 33.9 Å². The van der Waals surface area contributed by atoms with Gasteiger partial charge in [0.25, 0.3) is 0 Å². The van der Waals surface area contributed by atoms with Crippen molar-refractivity contribution in [2.75, 3.05) is 4.90 Å². The number of thiocarbonyl (C=S) groups is 1. The van der Waals surface area contributed by atoms with Crippen LogP contribution in [0.25, 0.3) is 5.69 Å². The Morgan fingerprint density at radius 1 is 0.935 bits per heavy atom. The van der Waals surface area contributed by atoms with Crippen LogP contribution >= 0.6 is 28.1 Å². The molecular formula is C24H18BrFN4S. The lowest BCUT2D eigenvalue weighted by Crippen LogP contribution is -2.30. The number of pyridine rings is 1. The molecule has 0 spiro atoms. The minimum Gasteiger partial charge on any atom is -0.351 e. The average molecular weight is 493 g/mol. The fourth-order valence-electron chi connectivity index (χ4n) is 4.03. The van der Waals surface area contributed by atoms with E-state index in [1.165, 1.54) is 12.1 Å². The quantitative estimate of drug-likeness (QED) is 0.356. The fraction of sp³-hybridized carbons (Fsp3) is 0.0833. The Kier molecular flexibility index (Phi) is 5.29. The van der Waals surface area contributed by atoms with Gasteiger partial charge in [-0.25, -0.2) is 4.39 Å². The number of aromatic nitrogens is 2. The van der Waals surface area contributed by atoms with Crippen molar-refractivity contribution < 1.29 is 4.39 Å². The Morgan fingerprint density at radius 2 is 1.77 bits per heavy atom. The first-order chi connectivity index (χ1) is 15.1. The van der Waals surface area contributed by atoms with Crippen molar-refractivity contribution in [1.82, 2.24) is 14.9 Å². The van der Waals surface area contributed by atoms with Crippen molar-refractivity contribution in [3.05, 3.63) is 113 Å². The van der Waals surface area contributed by atoms with E-state index in [1.807, 2.05) is 47.5 Å². The van der Waals surface area contributed by atoms with Crippen LogP contribution in [0.2, 0.25) is 0 Å². The van der Waals surface area contributed by atoms with Crippen LogP contribution in [0.4, 0.5) is 10.1 Å². The molecule has 0 saturated carbocycles. The summed E-state index contributed by atoms with van der Waals surface area (Å²) in [5.41, 5.74) is 3.79. The summed E-state index contributed by atoms with van der Waals surface area (Å²) >= 11 is 9.31. The Bertz CT molecular complexity index is 1230. The first-order valence-electron chi connectivity index (χ1n) is 9.81. The van der Waals surface area contributed by atoms with E-state index in [0.29, 0.717) is 5.11 Å². The van der Waals surface area contributed by atoms with Gasteiger partial charge < -0.3 is 14.8 Å². The largest absolute Gasteiger partial charge is 0.351 e. The van der Waals surface area contributed by atoms with Gasteiger partial charge in [0.05, 0.1) is 11.7 Å². The molecule has 2 atom stereocenters. The zero-order valence-corrected chi connectivity index (χ0v) is 18.7. The molecule has 0 amide bonds. The van der Waals surface area contributed by atoms with E-state index in [0.717, 1.165) is 27.2 Å². The second-order valence-corrected chi connectivity index (χ2v) is 8.56. The first-order valence-corrected chi connectivity index (χ1v) is 11.0. The molecule has 4 aromatic rings. The summed E-state index contributed by atoms with van der Waals surface area (Å²) in [4.78, 5) is 6.63. The van der Waals surface area contributed by atoms with Crippen LogP contribution in [-0.4, -0.2) is 14.7 Å². The summed E-state index contributed by atoms with van der Waals surface area (Å²) in [6.45, 7) is 0. The van der Waals surface area contributed by atoms with Crippen molar-refractivity contribution >= 4 is 38.9 Å². The van der Waals surface area contributed by atoms with Crippen molar-refractivity contribution in [1.29, 1.82) is 0 Å². The molecule has 2 unspecified atom stereocenters. The molecule has 0 radical (unpaired) electrons. The van der Waals surface area contributed by atoms with Gasteiger partial charge in [0.1, 0.15) is 11.9 Å². The highest BCUT2D eigenvalue weighted by Crippen LogP contribution is 2.42. The lowest BCUT2D eigenvalue weighted by Gasteiger charge is -2.29. The van der Waals surface area contributed by atoms with Gasteiger partial charge >= 0.3 is 0 Å². The summed E-state index contributed by atoms with van der Waals surface area (Å²) in [5.74, 6) is -0.280. The van der Waals surface area contributed by atoms with Crippen molar-refractivity contribution in [3.8, 4) is 5.69 Å². The van der Waals surface area contributed by atoms with Crippen LogP contribution in [0.1, 0.15) is 23.5 Å². The Hall–Kier alpha value is -3.03. The number of hydrogen-bond acceptors (Lipinski definition) is 2. The van der Waals surface area contributed by atoms with E-state index in [2.05, 4.69) is 49.0 Å². The van der Waals surface area contributed by atoms with Gasteiger partial charge in [-0.15, -0.1) is 0 Å². The Labute approximate surface area is 193 Å². The van der Waals surface area contributed by atoms with E-state index >= 15 is 0 Å². The summed E-state index contributed by atoms with van der Waals surface area (Å²) in [6, 6.07) is 24.2. The molecule has 5 rings (SSSR count). The molecule has 154 valence electrons. The maximum absolute atomic E-state index is 13.6. The number of hydrogen-bond donors (Lipinski definition) is 1. The van der Waals surface area contributed by atoms with Crippen LogP contribution < -0.4 is 10.2 Å². The van der Waals surface area contributed by atoms with Crippen LogP contribution in [0.3, 0.4) is 0 Å². The highest BCUT2D eigenvalue weighted by Gasteiger charge is 2.42. The van der Waals surface area contributed by atoms with Gasteiger partial charge in [0.15, 0.2) is 5.11 Å². The molecule has 2 aromatic carbocycles. The molecule has 1 N–H and O–H groups in total. The standard InChI is InChI=1S/C24H18BrFN4S/c25-16-5-3-6-19(15-16)29-14-4-8-21(29)23-22(20-7-1-2-13-27-20)28-24(31)30(23)18-11-9-17(26)10-12-18/h1-15,22-23H,(H,28,31). The van der Waals surface area contributed by atoms with Crippen molar-refractivity contribution in [2.45, 2.75) is 12.1 Å². The van der Waals surface area contributed by atoms with Crippen LogP contribution in [0.15, 0.2) is 95.7 Å². The van der Waals surface area contributed by atoms with Gasteiger partial charge in [-0.2, -0.15) is 0 Å². The predicted octanol–water partition coefficient (Wildman–Crippen LogP) is 5.95. The molecule has 4 nitrogen and oxygen atoms in total. The van der Waals surface area contributed by atoms with Crippen molar-refractivity contribution in [3.63, 3.8) is 0 Å². The Morgan fingerprint density at radius 3 is 2.52 bits per heavy atom. The average Bonchev–Trinajstić information content (AvgIpc) is 3.39. The number of rotatable bonds is 4. The summed E-state index contributed by atoms with van der Waals surface area (Å²) in [5, 5.41) is 4.02. The molecule has 2 aromatic heterocycles. The predicted molar refractivity (Wildman–Crippen MR) is 128 cm³/mol. The highest BCUT2D eigenvalue weighted by molar-refractivity contribution is 9.10. The molecule has 1 aliphatic rings. The number of anilines is 1. The molecule has 3 heterocycles. The molecule has 0 bridgehead atoms. The van der Waals surface area contributed by atoms with E-state index in [1.54, 1.807) is 18.3 Å². The van der Waals surface area contributed by atoms with E-state index in [9.17, 15) is 4.39 Å². The number of nitrogens with zero attached hydrogens (tertiary/aromatic N) is 3. The first kappa shape index (κ1) is 19.9. The number of nitrogens with one attached hydrogen (secondary N) is 1. The van der Waals surface area contributed by atoms with Crippen molar-refractivity contribution in [2.24, 2.45) is 0 Å². The van der Waals surface area contributed by atoms with Gasteiger partial charge in [-0.05, 0) is 78.9 Å². The van der Waals surface area contributed by atoms with Gasteiger partial charge in [-0.3, -0.25) is 4.98 Å². The molecule has 0 aliphatic carbocycles. The van der Waals surface area contributed by atoms with Crippen LogP contribution in [0, 0.1) is 5.82 Å². The molecule has 1 aliphatic heterocycles. The summed E-state index contributed by atoms with van der Waals surface area (Å²) < 4.78 is 16.8. The van der Waals surface area contributed by atoms with Crippen LogP contribution in [0.5, 0.6) is 0 Å². The number of halogens is 2. The lowest BCUT2D eigenvalue weighted by atomic mass is 10.0. The monoisotopic (exact) mass is 492 g/mol. The van der Waals surface area contributed by atoms with Gasteiger partial charge in [-0.1, -0.05) is 28.1 Å². The topological polar surface area (TPSA) is 33.1 Å².